The molecular formula is C24H20NOP. The summed E-state index contributed by atoms with van der Waals surface area (Å²) in [6.45, 7) is 1.54. The van der Waals surface area contributed by atoms with E-state index in [0.717, 1.165) is 16.5 Å². The number of anilines is 1. The number of hydrogen-bond donors (Lipinski definition) is 1. The largest absolute Gasteiger partial charge is 0.326 e. The fraction of sp³-hybridized carbons (Fsp3) is 0.0417. The fourth-order valence-corrected chi connectivity index (χ4v) is 5.64. The Hall–Kier alpha value is -2.96. The molecular weight excluding hydrogens is 349 g/mol. The van der Waals surface area contributed by atoms with E-state index in [-0.39, 0.29) is 5.91 Å². The van der Waals surface area contributed by atoms with Gasteiger partial charge in [-0.15, -0.1) is 0 Å². The summed E-state index contributed by atoms with van der Waals surface area (Å²) in [6, 6.07) is 34.0. The third-order valence-electron chi connectivity index (χ3n) is 4.46. The maximum atomic E-state index is 11.5. The second-order valence-corrected chi connectivity index (χ2v) is 8.62. The number of carbonyl (C=O) groups is 1. The van der Waals surface area contributed by atoms with Crippen molar-refractivity contribution in [3.8, 4) is 0 Å². The van der Waals surface area contributed by atoms with Crippen LogP contribution in [-0.4, -0.2) is 5.91 Å². The van der Waals surface area contributed by atoms with Gasteiger partial charge in [0.05, 0.1) is 0 Å². The molecule has 0 aliphatic carbocycles. The van der Waals surface area contributed by atoms with Gasteiger partial charge in [-0.05, 0) is 41.4 Å². The molecule has 0 radical (unpaired) electrons. The van der Waals surface area contributed by atoms with Crippen LogP contribution < -0.4 is 21.2 Å². The first-order chi connectivity index (χ1) is 13.2. The zero-order valence-corrected chi connectivity index (χ0v) is 16.0. The molecule has 0 unspecified atom stereocenters. The summed E-state index contributed by atoms with van der Waals surface area (Å²) < 4.78 is 0. The highest BCUT2D eigenvalue weighted by Crippen LogP contribution is 2.34. The molecule has 4 aromatic rings. The standard InChI is InChI=1S/C24H20NOP/c1-18(26)25-24-14-8-9-19-17-22(15-16-23(19)24)27(20-10-4-2-5-11-20)21-12-6-3-7-13-21/h2-17H,1H3,(H,25,26). The van der Waals surface area contributed by atoms with Crippen molar-refractivity contribution >= 4 is 46.2 Å². The minimum absolute atomic E-state index is 0.0533. The van der Waals surface area contributed by atoms with Crippen molar-refractivity contribution in [3.63, 3.8) is 0 Å². The van der Waals surface area contributed by atoms with E-state index in [4.69, 9.17) is 0 Å². The van der Waals surface area contributed by atoms with Crippen LogP contribution in [0.5, 0.6) is 0 Å². The molecule has 0 heterocycles. The number of rotatable bonds is 4. The van der Waals surface area contributed by atoms with Crippen molar-refractivity contribution in [3.05, 3.63) is 97.1 Å². The van der Waals surface area contributed by atoms with Gasteiger partial charge >= 0.3 is 0 Å². The molecule has 1 N–H and O–H groups in total. The van der Waals surface area contributed by atoms with Crippen LogP contribution in [0.2, 0.25) is 0 Å². The van der Waals surface area contributed by atoms with Crippen LogP contribution in [0.1, 0.15) is 6.92 Å². The molecule has 0 atom stereocenters. The molecule has 0 aliphatic rings. The van der Waals surface area contributed by atoms with Crippen LogP contribution in [0.3, 0.4) is 0 Å². The van der Waals surface area contributed by atoms with Gasteiger partial charge < -0.3 is 5.32 Å². The molecule has 27 heavy (non-hydrogen) atoms. The van der Waals surface area contributed by atoms with Crippen LogP contribution in [0.15, 0.2) is 97.1 Å². The van der Waals surface area contributed by atoms with E-state index in [9.17, 15) is 4.79 Å². The average molecular weight is 369 g/mol. The van der Waals surface area contributed by atoms with Crippen molar-refractivity contribution < 1.29 is 4.79 Å². The van der Waals surface area contributed by atoms with E-state index in [1.54, 1.807) is 0 Å². The third kappa shape index (κ3) is 3.77. The molecule has 2 nitrogen and oxygen atoms in total. The third-order valence-corrected chi connectivity index (χ3v) is 6.89. The van der Waals surface area contributed by atoms with Crippen LogP contribution in [0, 0.1) is 0 Å². The summed E-state index contributed by atoms with van der Waals surface area (Å²) in [5, 5.41) is 9.09. The van der Waals surface area contributed by atoms with Crippen molar-refractivity contribution in [2.45, 2.75) is 6.92 Å². The van der Waals surface area contributed by atoms with Gasteiger partial charge in [0.25, 0.3) is 0 Å². The zero-order chi connectivity index (χ0) is 18.6. The summed E-state index contributed by atoms with van der Waals surface area (Å²) in [5.41, 5.74) is 0.857. The van der Waals surface area contributed by atoms with Gasteiger partial charge in [-0.3, -0.25) is 4.79 Å². The monoisotopic (exact) mass is 369 g/mol. The minimum atomic E-state index is -0.633. The molecule has 0 aliphatic heterocycles. The quantitative estimate of drug-likeness (QED) is 0.525. The lowest BCUT2D eigenvalue weighted by atomic mass is 10.1. The van der Waals surface area contributed by atoms with E-state index >= 15 is 0 Å². The van der Waals surface area contributed by atoms with Gasteiger partial charge in [0.15, 0.2) is 0 Å². The number of amides is 1. The molecule has 0 saturated carbocycles. The Morgan fingerprint density at radius 2 is 1.33 bits per heavy atom. The predicted molar refractivity (Wildman–Crippen MR) is 117 cm³/mol. The Labute approximate surface area is 160 Å². The highest BCUT2D eigenvalue weighted by molar-refractivity contribution is 7.79. The van der Waals surface area contributed by atoms with Crippen molar-refractivity contribution in [1.29, 1.82) is 0 Å². The molecule has 0 aromatic heterocycles. The SMILES string of the molecule is CC(=O)Nc1cccc2cc(P(c3ccccc3)c3ccccc3)ccc12. The van der Waals surface area contributed by atoms with Crippen molar-refractivity contribution in [1.82, 2.24) is 0 Å². The molecule has 132 valence electrons. The first-order valence-corrected chi connectivity index (χ1v) is 10.3. The Morgan fingerprint density at radius 1 is 0.704 bits per heavy atom. The van der Waals surface area contributed by atoms with Gasteiger partial charge in [0.1, 0.15) is 0 Å². The predicted octanol–water partition coefficient (Wildman–Crippen LogP) is 4.56. The van der Waals surface area contributed by atoms with E-state index in [0.29, 0.717) is 0 Å². The minimum Gasteiger partial charge on any atom is -0.326 e. The smallest absolute Gasteiger partial charge is 0.221 e. The van der Waals surface area contributed by atoms with Crippen LogP contribution in [0.4, 0.5) is 5.69 Å². The molecule has 1 amide bonds. The van der Waals surface area contributed by atoms with Crippen molar-refractivity contribution in [2.24, 2.45) is 0 Å². The van der Waals surface area contributed by atoms with Gasteiger partial charge in [-0.1, -0.05) is 84.9 Å². The topological polar surface area (TPSA) is 29.1 Å². The lowest BCUT2D eigenvalue weighted by Gasteiger charge is -2.20. The van der Waals surface area contributed by atoms with E-state index in [2.05, 4.69) is 90.2 Å². The maximum absolute atomic E-state index is 11.5. The average Bonchev–Trinajstić information content (AvgIpc) is 2.69. The lowest BCUT2D eigenvalue weighted by Crippen LogP contribution is -2.20. The van der Waals surface area contributed by atoms with Crippen LogP contribution >= 0.6 is 7.92 Å². The number of fused-ring (bicyclic) bond motifs is 1. The Kier molecular flexibility index (Phi) is 5.00. The van der Waals surface area contributed by atoms with Gasteiger partial charge in [-0.2, -0.15) is 0 Å². The number of benzene rings is 4. The highest BCUT2D eigenvalue weighted by atomic mass is 31.1. The summed E-state index contributed by atoms with van der Waals surface area (Å²) in [6.07, 6.45) is 0. The first-order valence-electron chi connectivity index (χ1n) is 8.93. The molecule has 4 rings (SSSR count). The number of hydrogen-bond acceptors (Lipinski definition) is 1. The summed E-state index contributed by atoms with van der Waals surface area (Å²) in [5.74, 6) is -0.0533. The zero-order valence-electron chi connectivity index (χ0n) is 15.1. The normalized spacial score (nSPS) is 10.9. The van der Waals surface area contributed by atoms with E-state index in [1.807, 2.05) is 12.1 Å². The van der Waals surface area contributed by atoms with Crippen LogP contribution in [-0.2, 0) is 4.79 Å². The molecule has 0 spiro atoms. The number of carbonyl (C=O) groups excluding carboxylic acids is 1. The summed E-state index contributed by atoms with van der Waals surface area (Å²) >= 11 is 0. The first kappa shape index (κ1) is 17.5. The molecule has 0 fully saturated rings. The molecule has 3 heteroatoms. The van der Waals surface area contributed by atoms with Crippen LogP contribution in [0.25, 0.3) is 10.8 Å². The Balaban J connectivity index is 1.85. The van der Waals surface area contributed by atoms with Gasteiger partial charge in [-0.25, -0.2) is 0 Å². The van der Waals surface area contributed by atoms with E-state index in [1.165, 1.54) is 22.8 Å². The second kappa shape index (κ2) is 7.73. The van der Waals surface area contributed by atoms with Gasteiger partial charge in [0.2, 0.25) is 5.91 Å². The Morgan fingerprint density at radius 3 is 1.93 bits per heavy atom. The van der Waals surface area contributed by atoms with Gasteiger partial charge in [0, 0.05) is 18.0 Å². The summed E-state index contributed by atoms with van der Waals surface area (Å²) in [7, 11) is -0.633. The Bertz CT molecular complexity index is 1040. The summed E-state index contributed by atoms with van der Waals surface area (Å²) in [4.78, 5) is 11.5. The molecule has 0 bridgehead atoms. The second-order valence-electron chi connectivity index (χ2n) is 6.40. The fourth-order valence-electron chi connectivity index (χ4n) is 3.31. The number of nitrogens with one attached hydrogen (secondary N) is 1. The molecule has 4 aromatic carbocycles. The highest BCUT2D eigenvalue weighted by Gasteiger charge is 2.16. The van der Waals surface area contributed by atoms with Crippen molar-refractivity contribution in [2.75, 3.05) is 5.32 Å². The lowest BCUT2D eigenvalue weighted by molar-refractivity contribution is -0.114. The maximum Gasteiger partial charge on any atom is 0.221 e. The van der Waals surface area contributed by atoms with E-state index < -0.39 is 7.92 Å². The molecule has 0 saturated heterocycles.